The number of benzene rings is 1. The van der Waals surface area contributed by atoms with E-state index in [4.69, 9.17) is 9.47 Å². The van der Waals surface area contributed by atoms with E-state index in [1.165, 1.54) is 18.4 Å². The van der Waals surface area contributed by atoms with Crippen molar-refractivity contribution < 1.29 is 9.47 Å². The van der Waals surface area contributed by atoms with Crippen LogP contribution in [-0.4, -0.2) is 25.4 Å². The van der Waals surface area contributed by atoms with E-state index in [0.717, 1.165) is 44.4 Å². The second-order valence-electron chi connectivity index (χ2n) is 5.22. The Morgan fingerprint density at radius 1 is 1.22 bits per heavy atom. The van der Waals surface area contributed by atoms with Crippen molar-refractivity contribution in [3.05, 3.63) is 29.8 Å². The highest BCUT2D eigenvalue weighted by Gasteiger charge is 2.21. The molecular weight excluding hydrogens is 226 g/mol. The molecule has 98 valence electrons. The number of hydrogen-bond donors (Lipinski definition) is 1. The summed E-state index contributed by atoms with van der Waals surface area (Å²) >= 11 is 0. The van der Waals surface area contributed by atoms with Gasteiger partial charge in [0, 0.05) is 24.8 Å². The molecule has 3 rings (SSSR count). The number of nitrogens with one attached hydrogen (secondary N) is 1. The molecule has 3 nitrogen and oxygen atoms in total. The molecule has 1 aromatic rings. The van der Waals surface area contributed by atoms with Crippen LogP contribution in [-0.2, 0) is 11.3 Å². The summed E-state index contributed by atoms with van der Waals surface area (Å²) in [5.41, 5.74) is 1.26. The van der Waals surface area contributed by atoms with Gasteiger partial charge in [-0.15, -0.1) is 0 Å². The lowest BCUT2D eigenvalue weighted by Gasteiger charge is -2.24. The third-order valence-corrected chi connectivity index (χ3v) is 3.54. The third-order valence-electron chi connectivity index (χ3n) is 3.54. The Kier molecular flexibility index (Phi) is 3.81. The van der Waals surface area contributed by atoms with Crippen molar-refractivity contribution in [1.29, 1.82) is 0 Å². The molecule has 0 aromatic heterocycles. The van der Waals surface area contributed by atoms with Crippen molar-refractivity contribution in [2.45, 2.75) is 44.4 Å². The van der Waals surface area contributed by atoms with Gasteiger partial charge in [0.05, 0.1) is 6.61 Å². The Hall–Kier alpha value is -1.06. The normalized spacial score (nSPS) is 23.9. The highest BCUT2D eigenvalue weighted by Crippen LogP contribution is 2.24. The van der Waals surface area contributed by atoms with Crippen LogP contribution in [0.2, 0.25) is 0 Å². The summed E-state index contributed by atoms with van der Waals surface area (Å²) in [5, 5.41) is 3.54. The predicted molar refractivity (Wildman–Crippen MR) is 70.8 cm³/mol. The average Bonchev–Trinajstić information content (AvgIpc) is 3.23. The first kappa shape index (κ1) is 12.0. The van der Waals surface area contributed by atoms with Crippen molar-refractivity contribution in [2.24, 2.45) is 0 Å². The van der Waals surface area contributed by atoms with E-state index < -0.39 is 0 Å². The molecule has 1 atom stereocenters. The molecule has 1 aliphatic heterocycles. The van der Waals surface area contributed by atoms with E-state index in [9.17, 15) is 0 Å². The van der Waals surface area contributed by atoms with Gasteiger partial charge in [0.1, 0.15) is 11.9 Å². The van der Waals surface area contributed by atoms with Crippen LogP contribution in [0.4, 0.5) is 0 Å². The fourth-order valence-corrected chi connectivity index (χ4v) is 2.29. The molecule has 1 aromatic carbocycles. The number of ether oxygens (including phenoxy) is 2. The van der Waals surface area contributed by atoms with E-state index in [1.807, 2.05) is 6.07 Å². The van der Waals surface area contributed by atoms with Gasteiger partial charge in [0.25, 0.3) is 0 Å². The van der Waals surface area contributed by atoms with E-state index >= 15 is 0 Å². The zero-order chi connectivity index (χ0) is 12.2. The van der Waals surface area contributed by atoms with Crippen LogP contribution in [0.5, 0.6) is 5.75 Å². The van der Waals surface area contributed by atoms with Crippen LogP contribution in [0.3, 0.4) is 0 Å². The maximum Gasteiger partial charge on any atom is 0.124 e. The minimum Gasteiger partial charge on any atom is -0.488 e. The zero-order valence-electron chi connectivity index (χ0n) is 10.7. The molecule has 18 heavy (non-hydrogen) atoms. The molecule has 1 saturated heterocycles. The summed E-state index contributed by atoms with van der Waals surface area (Å²) < 4.78 is 11.5. The van der Waals surface area contributed by atoms with Gasteiger partial charge < -0.3 is 14.8 Å². The van der Waals surface area contributed by atoms with Gasteiger partial charge in [-0.3, -0.25) is 0 Å². The predicted octanol–water partition coefficient (Wildman–Crippen LogP) is 2.50. The lowest BCUT2D eigenvalue weighted by atomic mass is 10.1. The quantitative estimate of drug-likeness (QED) is 0.867. The van der Waals surface area contributed by atoms with Gasteiger partial charge in [-0.2, -0.15) is 0 Å². The van der Waals surface area contributed by atoms with Gasteiger partial charge in [0.2, 0.25) is 0 Å². The summed E-state index contributed by atoms with van der Waals surface area (Å²) in [7, 11) is 0. The molecule has 1 N–H and O–H groups in total. The topological polar surface area (TPSA) is 30.5 Å². The van der Waals surface area contributed by atoms with E-state index in [0.29, 0.717) is 0 Å². The molecule has 0 amide bonds. The van der Waals surface area contributed by atoms with Crippen LogP contribution in [0, 0.1) is 0 Å². The monoisotopic (exact) mass is 247 g/mol. The van der Waals surface area contributed by atoms with Gasteiger partial charge >= 0.3 is 0 Å². The second kappa shape index (κ2) is 5.72. The molecule has 2 fully saturated rings. The molecule has 1 saturated carbocycles. The molecule has 1 unspecified atom stereocenters. The van der Waals surface area contributed by atoms with Crippen molar-refractivity contribution in [3.63, 3.8) is 0 Å². The highest BCUT2D eigenvalue weighted by molar-refractivity contribution is 5.33. The molecule has 2 aliphatic rings. The van der Waals surface area contributed by atoms with Crippen LogP contribution in [0.1, 0.15) is 31.2 Å². The van der Waals surface area contributed by atoms with Crippen LogP contribution < -0.4 is 10.1 Å². The molecular formula is C15H21NO2. The lowest BCUT2D eigenvalue weighted by molar-refractivity contribution is 0.00700. The summed E-state index contributed by atoms with van der Waals surface area (Å²) in [5.74, 6) is 1.01. The SMILES string of the molecule is c1ccc(OC2CCCOC2)c(CNC2CC2)c1. The summed E-state index contributed by atoms with van der Waals surface area (Å²) in [6.45, 7) is 2.52. The van der Waals surface area contributed by atoms with Gasteiger partial charge in [-0.05, 0) is 31.7 Å². The zero-order valence-corrected chi connectivity index (χ0v) is 10.7. The average molecular weight is 247 g/mol. The van der Waals surface area contributed by atoms with Crippen molar-refractivity contribution in [3.8, 4) is 5.75 Å². The Morgan fingerprint density at radius 3 is 2.89 bits per heavy atom. The first-order valence-corrected chi connectivity index (χ1v) is 6.97. The molecule has 0 radical (unpaired) electrons. The molecule has 0 bridgehead atoms. The maximum atomic E-state index is 6.07. The maximum absolute atomic E-state index is 6.07. The van der Waals surface area contributed by atoms with Crippen LogP contribution in [0.15, 0.2) is 24.3 Å². The van der Waals surface area contributed by atoms with Crippen molar-refractivity contribution in [2.75, 3.05) is 13.2 Å². The second-order valence-corrected chi connectivity index (χ2v) is 5.22. The first-order chi connectivity index (χ1) is 8.92. The molecule has 1 aliphatic carbocycles. The van der Waals surface area contributed by atoms with E-state index in [1.54, 1.807) is 0 Å². The lowest BCUT2D eigenvalue weighted by Crippen LogP contribution is -2.28. The number of para-hydroxylation sites is 1. The largest absolute Gasteiger partial charge is 0.488 e. The Balaban J connectivity index is 1.61. The first-order valence-electron chi connectivity index (χ1n) is 6.97. The van der Waals surface area contributed by atoms with Crippen molar-refractivity contribution >= 4 is 0 Å². The molecule has 1 heterocycles. The highest BCUT2D eigenvalue weighted by atomic mass is 16.5. The summed E-state index contributed by atoms with van der Waals surface area (Å²) in [4.78, 5) is 0. The Bertz CT molecular complexity index is 384. The Labute approximate surface area is 108 Å². The van der Waals surface area contributed by atoms with E-state index in [-0.39, 0.29) is 6.10 Å². The van der Waals surface area contributed by atoms with Gasteiger partial charge in [-0.1, -0.05) is 18.2 Å². The fraction of sp³-hybridized carbons (Fsp3) is 0.600. The third kappa shape index (κ3) is 3.24. The number of rotatable bonds is 5. The smallest absolute Gasteiger partial charge is 0.124 e. The Morgan fingerprint density at radius 2 is 2.11 bits per heavy atom. The van der Waals surface area contributed by atoms with Crippen molar-refractivity contribution in [1.82, 2.24) is 5.32 Å². The molecule has 0 spiro atoms. The van der Waals surface area contributed by atoms with Crippen LogP contribution in [0.25, 0.3) is 0 Å². The minimum absolute atomic E-state index is 0.223. The fourth-order valence-electron chi connectivity index (χ4n) is 2.29. The minimum atomic E-state index is 0.223. The summed E-state index contributed by atoms with van der Waals surface area (Å²) in [6.07, 6.45) is 5.07. The van der Waals surface area contributed by atoms with Crippen LogP contribution >= 0.6 is 0 Å². The van der Waals surface area contributed by atoms with Gasteiger partial charge in [-0.25, -0.2) is 0 Å². The van der Waals surface area contributed by atoms with Gasteiger partial charge in [0.15, 0.2) is 0 Å². The summed E-state index contributed by atoms with van der Waals surface area (Å²) in [6, 6.07) is 9.07. The van der Waals surface area contributed by atoms with E-state index in [2.05, 4.69) is 23.5 Å². The standard InChI is InChI=1S/C15H21NO2/c1-2-6-15(18-14-5-3-9-17-11-14)12(4-1)10-16-13-7-8-13/h1-2,4,6,13-14,16H,3,5,7-11H2. The molecule has 3 heteroatoms. The number of hydrogen-bond acceptors (Lipinski definition) is 3.